The predicted molar refractivity (Wildman–Crippen MR) is 95.3 cm³/mol. The molecule has 1 aromatic heterocycles. The molecule has 2 aromatic rings. The lowest BCUT2D eigenvalue weighted by Gasteiger charge is -2.30. The summed E-state index contributed by atoms with van der Waals surface area (Å²) in [6, 6.07) is 6.67. The average Bonchev–Trinajstić information content (AvgIpc) is 3.15. The van der Waals surface area contributed by atoms with E-state index in [1.807, 2.05) is 13.8 Å². The van der Waals surface area contributed by atoms with Gasteiger partial charge in [0.1, 0.15) is 6.26 Å². The lowest BCUT2D eigenvalue weighted by atomic mass is 10.0. The van der Waals surface area contributed by atoms with Crippen molar-refractivity contribution in [3.8, 4) is 0 Å². The molecule has 1 aromatic carbocycles. The molecular formula is C18H22N2O4S. The van der Waals surface area contributed by atoms with E-state index in [1.165, 1.54) is 16.8 Å². The zero-order valence-corrected chi connectivity index (χ0v) is 15.3. The molecule has 0 aliphatic carbocycles. The SMILES string of the molecule is CCN(CC)S(=O)(=O)c1ccc2c(c1)CCCN2C(=O)c1ccoc1. The minimum Gasteiger partial charge on any atom is -0.472 e. The number of carbonyl (C=O) groups excluding carboxylic acids is 1. The van der Waals surface area contributed by atoms with Crippen molar-refractivity contribution < 1.29 is 17.6 Å². The zero-order chi connectivity index (χ0) is 18.0. The van der Waals surface area contributed by atoms with Crippen LogP contribution in [-0.2, 0) is 16.4 Å². The van der Waals surface area contributed by atoms with E-state index in [4.69, 9.17) is 4.42 Å². The van der Waals surface area contributed by atoms with E-state index in [9.17, 15) is 13.2 Å². The Balaban J connectivity index is 1.97. The largest absolute Gasteiger partial charge is 0.472 e. The Bertz CT molecular complexity index is 855. The highest BCUT2D eigenvalue weighted by atomic mass is 32.2. The number of anilines is 1. The monoisotopic (exact) mass is 362 g/mol. The summed E-state index contributed by atoms with van der Waals surface area (Å²) in [6.07, 6.45) is 4.45. The molecule has 134 valence electrons. The lowest BCUT2D eigenvalue weighted by molar-refractivity contribution is 0.0984. The van der Waals surface area contributed by atoms with Crippen molar-refractivity contribution in [3.05, 3.63) is 47.9 Å². The summed E-state index contributed by atoms with van der Waals surface area (Å²) in [6.45, 7) is 5.12. The van der Waals surface area contributed by atoms with E-state index < -0.39 is 10.0 Å². The zero-order valence-electron chi connectivity index (χ0n) is 14.4. The number of sulfonamides is 1. The Morgan fingerprint density at radius 1 is 1.24 bits per heavy atom. The fraction of sp³-hybridized carbons (Fsp3) is 0.389. The topological polar surface area (TPSA) is 70.8 Å². The number of benzene rings is 1. The summed E-state index contributed by atoms with van der Waals surface area (Å²) in [5.74, 6) is -0.131. The number of furan rings is 1. The second-order valence-corrected chi connectivity index (χ2v) is 7.89. The molecule has 0 bridgehead atoms. The van der Waals surface area contributed by atoms with Crippen molar-refractivity contribution in [2.24, 2.45) is 0 Å². The van der Waals surface area contributed by atoms with Gasteiger partial charge in [0.2, 0.25) is 10.0 Å². The van der Waals surface area contributed by atoms with Gasteiger partial charge in [-0.25, -0.2) is 8.42 Å². The number of hydrogen-bond donors (Lipinski definition) is 0. The molecule has 0 N–H and O–H groups in total. The predicted octanol–water partition coefficient (Wildman–Crippen LogP) is 2.90. The Labute approximate surface area is 148 Å². The molecule has 0 spiro atoms. The van der Waals surface area contributed by atoms with E-state index in [1.54, 1.807) is 29.2 Å². The van der Waals surface area contributed by atoms with Crippen LogP contribution in [0.5, 0.6) is 0 Å². The first-order valence-corrected chi connectivity index (χ1v) is 9.90. The first kappa shape index (κ1) is 17.7. The number of rotatable bonds is 5. The quantitative estimate of drug-likeness (QED) is 0.820. The minimum absolute atomic E-state index is 0.131. The van der Waals surface area contributed by atoms with Gasteiger partial charge >= 0.3 is 0 Å². The van der Waals surface area contributed by atoms with Crippen LogP contribution >= 0.6 is 0 Å². The van der Waals surface area contributed by atoms with Gasteiger partial charge in [0.25, 0.3) is 5.91 Å². The second kappa shape index (κ2) is 7.01. The van der Waals surface area contributed by atoms with Crippen LogP contribution in [0, 0.1) is 0 Å². The van der Waals surface area contributed by atoms with Gasteiger partial charge in [0.15, 0.2) is 0 Å². The molecule has 0 atom stereocenters. The third kappa shape index (κ3) is 3.21. The van der Waals surface area contributed by atoms with Crippen molar-refractivity contribution in [2.75, 3.05) is 24.5 Å². The summed E-state index contributed by atoms with van der Waals surface area (Å²) >= 11 is 0. The highest BCUT2D eigenvalue weighted by Crippen LogP contribution is 2.31. The van der Waals surface area contributed by atoms with Gasteiger partial charge in [-0.2, -0.15) is 4.31 Å². The summed E-state index contributed by atoms with van der Waals surface area (Å²) in [7, 11) is -3.50. The molecule has 3 rings (SSSR count). The van der Waals surface area contributed by atoms with Crippen molar-refractivity contribution in [1.82, 2.24) is 4.31 Å². The average molecular weight is 362 g/mol. The van der Waals surface area contributed by atoms with Gasteiger partial charge < -0.3 is 9.32 Å². The van der Waals surface area contributed by atoms with E-state index in [0.29, 0.717) is 25.2 Å². The molecule has 1 aliphatic rings. The molecular weight excluding hydrogens is 340 g/mol. The van der Waals surface area contributed by atoms with Gasteiger partial charge in [-0.15, -0.1) is 0 Å². The van der Waals surface area contributed by atoms with Gasteiger partial charge in [0.05, 0.1) is 16.7 Å². The van der Waals surface area contributed by atoms with Crippen LogP contribution in [0.4, 0.5) is 5.69 Å². The Kier molecular flexibility index (Phi) is 4.96. The molecule has 1 amide bonds. The highest BCUT2D eigenvalue weighted by Gasteiger charge is 2.27. The van der Waals surface area contributed by atoms with Crippen LogP contribution in [0.1, 0.15) is 36.2 Å². The van der Waals surface area contributed by atoms with Crippen LogP contribution in [0.2, 0.25) is 0 Å². The number of amides is 1. The van der Waals surface area contributed by atoms with Crippen molar-refractivity contribution in [3.63, 3.8) is 0 Å². The molecule has 2 heterocycles. The van der Waals surface area contributed by atoms with E-state index in [0.717, 1.165) is 24.1 Å². The maximum absolute atomic E-state index is 12.7. The molecule has 0 saturated heterocycles. The maximum Gasteiger partial charge on any atom is 0.261 e. The van der Waals surface area contributed by atoms with Crippen LogP contribution in [-0.4, -0.2) is 38.3 Å². The summed E-state index contributed by atoms with van der Waals surface area (Å²) in [5, 5.41) is 0. The van der Waals surface area contributed by atoms with E-state index in [-0.39, 0.29) is 10.8 Å². The molecule has 6 nitrogen and oxygen atoms in total. The number of nitrogens with zero attached hydrogens (tertiary/aromatic N) is 2. The minimum atomic E-state index is -3.50. The number of hydrogen-bond acceptors (Lipinski definition) is 4. The van der Waals surface area contributed by atoms with Crippen molar-refractivity contribution >= 4 is 21.6 Å². The van der Waals surface area contributed by atoms with Gasteiger partial charge in [0, 0.05) is 25.3 Å². The Morgan fingerprint density at radius 2 is 2.00 bits per heavy atom. The summed E-state index contributed by atoms with van der Waals surface area (Å²) < 4.78 is 31.9. The first-order chi connectivity index (χ1) is 12.0. The molecule has 0 unspecified atom stereocenters. The van der Waals surface area contributed by atoms with E-state index >= 15 is 0 Å². The summed E-state index contributed by atoms with van der Waals surface area (Å²) in [5.41, 5.74) is 2.15. The fourth-order valence-electron chi connectivity index (χ4n) is 3.20. The van der Waals surface area contributed by atoms with Gasteiger partial charge in [-0.05, 0) is 42.7 Å². The maximum atomic E-state index is 12.7. The Morgan fingerprint density at radius 3 is 2.64 bits per heavy atom. The molecule has 25 heavy (non-hydrogen) atoms. The smallest absolute Gasteiger partial charge is 0.261 e. The van der Waals surface area contributed by atoms with Crippen LogP contribution in [0.15, 0.2) is 46.1 Å². The second-order valence-electron chi connectivity index (χ2n) is 5.95. The standard InChI is InChI=1S/C18H22N2O4S/c1-3-19(4-2)25(22,23)16-7-8-17-14(12-16)6-5-10-20(17)18(21)15-9-11-24-13-15/h7-9,11-13H,3-6,10H2,1-2H3. The third-order valence-electron chi connectivity index (χ3n) is 4.53. The molecule has 1 aliphatic heterocycles. The molecule has 0 fully saturated rings. The number of carbonyl (C=O) groups is 1. The van der Waals surface area contributed by atoms with Crippen molar-refractivity contribution in [2.45, 2.75) is 31.6 Å². The van der Waals surface area contributed by atoms with Crippen LogP contribution in [0.3, 0.4) is 0 Å². The Hall–Kier alpha value is -2.12. The number of aryl methyl sites for hydroxylation is 1. The lowest BCUT2D eigenvalue weighted by Crippen LogP contribution is -2.35. The highest BCUT2D eigenvalue weighted by molar-refractivity contribution is 7.89. The first-order valence-electron chi connectivity index (χ1n) is 8.46. The third-order valence-corrected chi connectivity index (χ3v) is 6.57. The molecule has 0 radical (unpaired) electrons. The summed E-state index contributed by atoms with van der Waals surface area (Å²) in [4.78, 5) is 14.6. The van der Waals surface area contributed by atoms with Crippen LogP contribution in [0.25, 0.3) is 0 Å². The van der Waals surface area contributed by atoms with E-state index in [2.05, 4.69) is 0 Å². The van der Waals surface area contributed by atoms with Crippen LogP contribution < -0.4 is 4.90 Å². The van der Waals surface area contributed by atoms with Gasteiger partial charge in [-0.3, -0.25) is 4.79 Å². The van der Waals surface area contributed by atoms with Gasteiger partial charge in [-0.1, -0.05) is 13.8 Å². The number of fused-ring (bicyclic) bond motifs is 1. The van der Waals surface area contributed by atoms with Crippen molar-refractivity contribution in [1.29, 1.82) is 0 Å². The fourth-order valence-corrected chi connectivity index (χ4v) is 4.71. The molecule has 0 saturated carbocycles. The molecule has 7 heteroatoms. The normalized spacial score (nSPS) is 14.6.